The fourth-order valence-corrected chi connectivity index (χ4v) is 2.26. The zero-order valence-electron chi connectivity index (χ0n) is 8.17. The highest BCUT2D eigenvalue weighted by Crippen LogP contribution is 2.33. The third-order valence-electron chi connectivity index (χ3n) is 2.58. The third-order valence-corrected chi connectivity index (χ3v) is 2.58. The molecule has 2 aliphatic heterocycles. The van der Waals surface area contributed by atoms with Gasteiger partial charge in [0.2, 0.25) is 0 Å². The topological polar surface area (TPSA) is 30.7 Å². The van der Waals surface area contributed by atoms with Gasteiger partial charge < -0.3 is 9.64 Å². The molecule has 2 atom stereocenters. The van der Waals surface area contributed by atoms with Crippen molar-refractivity contribution >= 4 is 5.78 Å². The molecule has 2 bridgehead atoms. The van der Waals surface area contributed by atoms with Crippen LogP contribution in [0.4, 0.5) is 0 Å². The Bertz CT molecular complexity index is 260. The summed E-state index contributed by atoms with van der Waals surface area (Å²) in [5, 5.41) is 0. The standard InChI is InChI=1S/C10H15NO2/c1-11(2)7-10-4-3-9(13-10)5-8(12)6-10/h3-4,9H,5-7H2,1-2H3/p+1/t9-,10+/m0/s1. The molecule has 2 heterocycles. The first-order chi connectivity index (χ1) is 6.10. The minimum absolute atomic E-state index is 0.0561. The summed E-state index contributed by atoms with van der Waals surface area (Å²) in [4.78, 5) is 12.7. The van der Waals surface area contributed by atoms with E-state index in [1.165, 1.54) is 4.90 Å². The van der Waals surface area contributed by atoms with Crippen molar-refractivity contribution in [2.75, 3.05) is 20.6 Å². The molecule has 3 heteroatoms. The van der Waals surface area contributed by atoms with Crippen LogP contribution in [-0.4, -0.2) is 38.1 Å². The molecule has 3 nitrogen and oxygen atoms in total. The lowest BCUT2D eigenvalue weighted by atomic mass is 9.94. The van der Waals surface area contributed by atoms with Crippen LogP contribution in [0.2, 0.25) is 0 Å². The largest absolute Gasteiger partial charge is 0.357 e. The predicted molar refractivity (Wildman–Crippen MR) is 48.7 cm³/mol. The maximum Gasteiger partial charge on any atom is 0.143 e. The molecule has 1 N–H and O–H groups in total. The molecule has 2 rings (SSSR count). The zero-order chi connectivity index (χ0) is 9.47. The van der Waals surface area contributed by atoms with Gasteiger partial charge in [0.25, 0.3) is 0 Å². The number of rotatable bonds is 2. The average Bonchev–Trinajstić information content (AvgIpc) is 2.24. The van der Waals surface area contributed by atoms with E-state index in [1.54, 1.807) is 0 Å². The molecule has 0 spiro atoms. The Kier molecular flexibility index (Phi) is 2.00. The highest BCUT2D eigenvalue weighted by atomic mass is 16.5. The summed E-state index contributed by atoms with van der Waals surface area (Å²) in [5.74, 6) is 0.336. The normalized spacial score (nSPS) is 37.5. The second-order valence-electron chi connectivity index (χ2n) is 4.38. The van der Waals surface area contributed by atoms with Crippen molar-refractivity contribution in [3.05, 3.63) is 12.2 Å². The van der Waals surface area contributed by atoms with E-state index in [4.69, 9.17) is 4.74 Å². The lowest BCUT2D eigenvalue weighted by Gasteiger charge is -2.32. The van der Waals surface area contributed by atoms with E-state index in [2.05, 4.69) is 20.2 Å². The molecule has 72 valence electrons. The van der Waals surface area contributed by atoms with E-state index >= 15 is 0 Å². The van der Waals surface area contributed by atoms with Crippen LogP contribution >= 0.6 is 0 Å². The molecule has 0 amide bonds. The predicted octanol–water partition coefficient (Wildman–Crippen LogP) is -0.812. The third kappa shape index (κ3) is 1.67. The van der Waals surface area contributed by atoms with Crippen molar-refractivity contribution in [2.45, 2.75) is 24.5 Å². The number of Topliss-reactive ketones (excluding diaryl/α,β-unsaturated/α-hetero) is 1. The molecule has 0 aromatic heterocycles. The molecule has 2 aliphatic rings. The van der Waals surface area contributed by atoms with Gasteiger partial charge >= 0.3 is 0 Å². The van der Waals surface area contributed by atoms with Crippen LogP contribution in [0.1, 0.15) is 12.8 Å². The van der Waals surface area contributed by atoms with Gasteiger partial charge in [-0.15, -0.1) is 0 Å². The van der Waals surface area contributed by atoms with Gasteiger partial charge in [-0.2, -0.15) is 0 Å². The van der Waals surface area contributed by atoms with Gasteiger partial charge in [-0.25, -0.2) is 0 Å². The number of likely N-dealkylation sites (N-methyl/N-ethyl adjacent to an activating group) is 1. The minimum Gasteiger partial charge on any atom is -0.357 e. The Morgan fingerprint density at radius 1 is 1.69 bits per heavy atom. The van der Waals surface area contributed by atoms with Gasteiger partial charge in [0, 0.05) is 12.8 Å². The van der Waals surface area contributed by atoms with E-state index in [0.29, 0.717) is 18.6 Å². The first kappa shape index (κ1) is 8.91. The molecule has 0 aromatic rings. The quantitative estimate of drug-likeness (QED) is 0.566. The van der Waals surface area contributed by atoms with Crippen molar-refractivity contribution in [3.8, 4) is 0 Å². The maximum atomic E-state index is 11.4. The molecule has 0 saturated carbocycles. The van der Waals surface area contributed by atoms with Gasteiger partial charge in [0.05, 0.1) is 20.2 Å². The Morgan fingerprint density at radius 3 is 3.15 bits per heavy atom. The number of fused-ring (bicyclic) bond motifs is 2. The minimum atomic E-state index is -0.279. The van der Waals surface area contributed by atoms with Crippen LogP contribution in [-0.2, 0) is 9.53 Å². The number of quaternary nitrogens is 1. The zero-order valence-corrected chi connectivity index (χ0v) is 8.17. The molecule has 1 fully saturated rings. The summed E-state index contributed by atoms with van der Waals surface area (Å²) in [6.07, 6.45) is 5.30. The fourth-order valence-electron chi connectivity index (χ4n) is 2.26. The summed E-state index contributed by atoms with van der Waals surface area (Å²) >= 11 is 0. The van der Waals surface area contributed by atoms with Crippen molar-refractivity contribution in [1.29, 1.82) is 0 Å². The number of ketones is 1. The summed E-state index contributed by atoms with van der Waals surface area (Å²) in [7, 11) is 4.16. The van der Waals surface area contributed by atoms with E-state index < -0.39 is 0 Å². The van der Waals surface area contributed by atoms with Crippen LogP contribution in [0.5, 0.6) is 0 Å². The van der Waals surface area contributed by atoms with E-state index in [9.17, 15) is 4.79 Å². The Morgan fingerprint density at radius 2 is 2.46 bits per heavy atom. The van der Waals surface area contributed by atoms with Crippen LogP contribution in [0.15, 0.2) is 12.2 Å². The number of ether oxygens (including phenoxy) is 1. The smallest absolute Gasteiger partial charge is 0.143 e. The first-order valence-corrected chi connectivity index (χ1v) is 4.78. The first-order valence-electron chi connectivity index (χ1n) is 4.78. The molecule has 0 aliphatic carbocycles. The highest BCUT2D eigenvalue weighted by Gasteiger charge is 2.44. The number of nitrogens with one attached hydrogen (secondary N) is 1. The van der Waals surface area contributed by atoms with Crippen LogP contribution in [0.25, 0.3) is 0 Å². The number of carbonyl (C=O) groups is 1. The molecule has 1 saturated heterocycles. The second kappa shape index (κ2) is 2.93. The van der Waals surface area contributed by atoms with E-state index in [1.807, 2.05) is 6.08 Å². The van der Waals surface area contributed by atoms with Crippen molar-refractivity contribution < 1.29 is 14.4 Å². The van der Waals surface area contributed by atoms with Crippen molar-refractivity contribution in [3.63, 3.8) is 0 Å². The molecule has 13 heavy (non-hydrogen) atoms. The van der Waals surface area contributed by atoms with Crippen LogP contribution in [0.3, 0.4) is 0 Å². The number of carbonyl (C=O) groups excluding carboxylic acids is 1. The van der Waals surface area contributed by atoms with Gasteiger partial charge in [0.15, 0.2) is 0 Å². The lowest BCUT2D eigenvalue weighted by Crippen LogP contribution is -3.08. The Hall–Kier alpha value is -0.670. The monoisotopic (exact) mass is 182 g/mol. The maximum absolute atomic E-state index is 11.4. The van der Waals surface area contributed by atoms with Gasteiger partial charge in [-0.05, 0) is 6.08 Å². The summed E-state index contributed by atoms with van der Waals surface area (Å²) in [6.45, 7) is 0.881. The summed E-state index contributed by atoms with van der Waals surface area (Å²) in [6, 6.07) is 0. The molecular weight excluding hydrogens is 166 g/mol. The molecular formula is C10H16NO2+. The van der Waals surface area contributed by atoms with Crippen LogP contribution < -0.4 is 4.90 Å². The number of hydrogen-bond donors (Lipinski definition) is 1. The van der Waals surface area contributed by atoms with Gasteiger partial charge in [-0.3, -0.25) is 4.79 Å². The second-order valence-corrected chi connectivity index (χ2v) is 4.38. The van der Waals surface area contributed by atoms with E-state index in [0.717, 1.165) is 6.54 Å². The van der Waals surface area contributed by atoms with Crippen LogP contribution in [0, 0.1) is 0 Å². The summed E-state index contributed by atoms with van der Waals surface area (Å²) in [5.41, 5.74) is -0.279. The SMILES string of the molecule is C[NH+](C)C[C@@]12C=C[C@@H](CC(=O)C1)O2. The van der Waals surface area contributed by atoms with E-state index in [-0.39, 0.29) is 11.7 Å². The summed E-state index contributed by atoms with van der Waals surface area (Å²) < 4.78 is 5.81. The number of hydrogen-bond acceptors (Lipinski definition) is 2. The lowest BCUT2D eigenvalue weighted by molar-refractivity contribution is -0.864. The molecule has 0 aromatic carbocycles. The average molecular weight is 182 g/mol. The fraction of sp³-hybridized carbons (Fsp3) is 0.700. The van der Waals surface area contributed by atoms with Gasteiger partial charge in [-0.1, -0.05) is 6.08 Å². The molecule has 0 radical (unpaired) electrons. The van der Waals surface area contributed by atoms with Gasteiger partial charge in [0.1, 0.15) is 17.9 Å². The van der Waals surface area contributed by atoms with Crippen molar-refractivity contribution in [1.82, 2.24) is 0 Å². The Balaban J connectivity index is 2.13. The molecule has 0 unspecified atom stereocenters. The van der Waals surface area contributed by atoms with Crippen molar-refractivity contribution in [2.24, 2.45) is 0 Å². The Labute approximate surface area is 78.4 Å². The highest BCUT2D eigenvalue weighted by molar-refractivity contribution is 5.82.